The Hall–Kier alpha value is -3.81. The first-order valence-electron chi connectivity index (χ1n) is 11.4. The molecule has 1 aliphatic heterocycles. The van der Waals surface area contributed by atoms with Crippen LogP contribution in [0.4, 0.5) is 21.0 Å². The second kappa shape index (κ2) is 10.9. The third-order valence-corrected chi connectivity index (χ3v) is 5.79. The number of esters is 1. The minimum Gasteiger partial charge on any atom is -0.466 e. The summed E-state index contributed by atoms with van der Waals surface area (Å²) in [5.41, 5.74) is 4.15. The quantitative estimate of drug-likeness (QED) is 0.479. The summed E-state index contributed by atoms with van der Waals surface area (Å²) < 4.78 is 4.99. The van der Waals surface area contributed by atoms with Gasteiger partial charge in [-0.2, -0.15) is 0 Å². The number of carbonyl (C=O) groups excluding carboxylic acids is 3. The molecule has 1 atom stereocenters. The van der Waals surface area contributed by atoms with E-state index in [2.05, 4.69) is 29.8 Å². The van der Waals surface area contributed by atoms with Crippen molar-refractivity contribution in [1.82, 2.24) is 10.2 Å². The third kappa shape index (κ3) is 5.57. The van der Waals surface area contributed by atoms with Gasteiger partial charge < -0.3 is 20.7 Å². The highest BCUT2D eigenvalue weighted by Crippen LogP contribution is 2.32. The molecule has 1 unspecified atom stereocenters. The summed E-state index contributed by atoms with van der Waals surface area (Å²) in [6.45, 7) is 8.45. The van der Waals surface area contributed by atoms with Gasteiger partial charge in [-0.25, -0.2) is 14.4 Å². The number of benzene rings is 2. The van der Waals surface area contributed by atoms with Gasteiger partial charge in [0, 0.05) is 23.6 Å². The normalized spacial score (nSPS) is 15.8. The molecule has 0 radical (unpaired) electrons. The van der Waals surface area contributed by atoms with Crippen molar-refractivity contribution in [1.29, 1.82) is 0 Å². The lowest BCUT2D eigenvalue weighted by molar-refractivity contribution is -0.136. The van der Waals surface area contributed by atoms with Crippen molar-refractivity contribution in [3.8, 4) is 0 Å². The molecular formula is C26H32N4O4. The Morgan fingerprint density at radius 2 is 1.59 bits per heavy atom. The molecule has 0 fully saturated rings. The maximum atomic E-state index is 12.6. The molecule has 0 aromatic heterocycles. The smallest absolute Gasteiger partial charge is 0.337 e. The van der Waals surface area contributed by atoms with E-state index >= 15 is 0 Å². The molecule has 2 aromatic rings. The Balaban J connectivity index is 1.74. The maximum absolute atomic E-state index is 12.6. The van der Waals surface area contributed by atoms with Crippen molar-refractivity contribution in [2.24, 2.45) is 0 Å². The largest absolute Gasteiger partial charge is 0.466 e. The Morgan fingerprint density at radius 1 is 1.03 bits per heavy atom. The molecule has 1 aliphatic rings. The van der Waals surface area contributed by atoms with E-state index in [4.69, 9.17) is 4.74 Å². The molecule has 3 rings (SSSR count). The Morgan fingerprint density at radius 3 is 2.09 bits per heavy atom. The first-order valence-corrected chi connectivity index (χ1v) is 11.4. The summed E-state index contributed by atoms with van der Waals surface area (Å²) in [5, 5.41) is 8.50. The van der Waals surface area contributed by atoms with Gasteiger partial charge in [0.2, 0.25) is 0 Å². The average Bonchev–Trinajstić information content (AvgIpc) is 2.81. The second-order valence-electron chi connectivity index (χ2n) is 8.50. The molecule has 34 heavy (non-hydrogen) atoms. The molecule has 8 nitrogen and oxygen atoms in total. The van der Waals surface area contributed by atoms with E-state index in [0.29, 0.717) is 40.7 Å². The van der Waals surface area contributed by atoms with Crippen molar-refractivity contribution < 1.29 is 19.1 Å². The van der Waals surface area contributed by atoms with Crippen LogP contribution in [-0.2, 0) is 9.53 Å². The topological polar surface area (TPSA) is 99.8 Å². The number of rotatable bonds is 7. The molecule has 0 saturated carbocycles. The van der Waals surface area contributed by atoms with Crippen molar-refractivity contribution >= 4 is 29.4 Å². The van der Waals surface area contributed by atoms with Gasteiger partial charge >= 0.3 is 18.0 Å². The Bertz CT molecular complexity index is 1070. The molecule has 4 amide bonds. The molecule has 0 spiro atoms. The van der Waals surface area contributed by atoms with Crippen LogP contribution in [0, 0.1) is 0 Å². The fourth-order valence-corrected chi connectivity index (χ4v) is 3.90. The zero-order valence-electron chi connectivity index (χ0n) is 20.3. The summed E-state index contributed by atoms with van der Waals surface area (Å²) in [6.07, 6.45) is 0.758. The number of hydrogen-bond acceptors (Lipinski definition) is 4. The minimum atomic E-state index is -0.643. The number of ether oxygens (including phenoxy) is 1. The standard InChI is InChI=1S/C26H32N4O4/c1-6-15-30-17(4)22(24(31)34-5)23(29-26(30)33)19-9-13-21(14-10-19)28-25(32)27-20-11-7-18(8-12-20)16(2)3/h7-14,16,23H,6,15H2,1-5H3,(H,29,33)(H2,27,28,32). The van der Waals surface area contributed by atoms with Crippen LogP contribution in [0.1, 0.15) is 57.2 Å². The molecule has 3 N–H and O–H groups in total. The van der Waals surface area contributed by atoms with Crippen molar-refractivity contribution in [2.45, 2.75) is 46.1 Å². The maximum Gasteiger partial charge on any atom is 0.337 e. The summed E-state index contributed by atoms with van der Waals surface area (Å²) in [7, 11) is 1.32. The summed E-state index contributed by atoms with van der Waals surface area (Å²) >= 11 is 0. The summed E-state index contributed by atoms with van der Waals surface area (Å²) in [4.78, 5) is 39.1. The van der Waals surface area contributed by atoms with Crippen LogP contribution in [0.3, 0.4) is 0 Å². The van der Waals surface area contributed by atoms with Gasteiger partial charge in [-0.05, 0) is 54.7 Å². The number of urea groups is 2. The first-order chi connectivity index (χ1) is 16.2. The molecular weight excluding hydrogens is 432 g/mol. The van der Waals surface area contributed by atoms with Crippen LogP contribution in [-0.4, -0.2) is 36.6 Å². The Labute approximate surface area is 200 Å². The number of amides is 4. The van der Waals surface area contributed by atoms with Crippen LogP contribution in [0.15, 0.2) is 59.8 Å². The van der Waals surface area contributed by atoms with Crippen LogP contribution >= 0.6 is 0 Å². The number of hydrogen-bond donors (Lipinski definition) is 3. The van der Waals surface area contributed by atoms with Gasteiger partial charge in [0.1, 0.15) is 0 Å². The molecule has 180 valence electrons. The highest BCUT2D eigenvalue weighted by atomic mass is 16.5. The molecule has 0 aliphatic carbocycles. The lowest BCUT2D eigenvalue weighted by Gasteiger charge is -2.35. The minimum absolute atomic E-state index is 0.262. The zero-order valence-corrected chi connectivity index (χ0v) is 20.3. The van der Waals surface area contributed by atoms with E-state index in [1.807, 2.05) is 31.2 Å². The van der Waals surface area contributed by atoms with E-state index in [1.165, 1.54) is 12.7 Å². The monoisotopic (exact) mass is 464 g/mol. The number of methoxy groups -OCH3 is 1. The van der Waals surface area contributed by atoms with Gasteiger partial charge in [-0.15, -0.1) is 0 Å². The van der Waals surface area contributed by atoms with Crippen LogP contribution < -0.4 is 16.0 Å². The molecule has 0 bridgehead atoms. The van der Waals surface area contributed by atoms with Gasteiger partial charge in [0.15, 0.2) is 0 Å². The van der Waals surface area contributed by atoms with Gasteiger partial charge in [-0.1, -0.05) is 45.0 Å². The number of nitrogens with zero attached hydrogens (tertiary/aromatic N) is 1. The first kappa shape index (κ1) is 24.8. The van der Waals surface area contributed by atoms with E-state index in [9.17, 15) is 14.4 Å². The lowest BCUT2D eigenvalue weighted by atomic mass is 9.94. The third-order valence-electron chi connectivity index (χ3n) is 5.79. The number of carbonyl (C=O) groups is 3. The average molecular weight is 465 g/mol. The van der Waals surface area contributed by atoms with Crippen molar-refractivity contribution in [2.75, 3.05) is 24.3 Å². The molecule has 8 heteroatoms. The lowest BCUT2D eigenvalue weighted by Crippen LogP contribution is -2.48. The van der Waals surface area contributed by atoms with Gasteiger partial charge in [0.05, 0.1) is 18.7 Å². The fraction of sp³-hybridized carbons (Fsp3) is 0.346. The van der Waals surface area contributed by atoms with Crippen molar-refractivity contribution in [3.63, 3.8) is 0 Å². The van der Waals surface area contributed by atoms with Crippen molar-refractivity contribution in [3.05, 3.63) is 70.9 Å². The SMILES string of the molecule is CCCN1C(=O)NC(c2ccc(NC(=O)Nc3ccc(C(C)C)cc3)cc2)C(C(=O)OC)=C1C. The molecule has 2 aromatic carbocycles. The summed E-state index contributed by atoms with van der Waals surface area (Å²) in [5.74, 6) is -0.0722. The van der Waals surface area contributed by atoms with Crippen LogP contribution in [0.2, 0.25) is 0 Å². The van der Waals surface area contributed by atoms with E-state index in [1.54, 1.807) is 36.1 Å². The Kier molecular flexibility index (Phi) is 7.94. The highest BCUT2D eigenvalue weighted by Gasteiger charge is 2.35. The van der Waals surface area contributed by atoms with E-state index in [-0.39, 0.29) is 12.1 Å². The highest BCUT2D eigenvalue weighted by molar-refractivity contribution is 6.00. The summed E-state index contributed by atoms with van der Waals surface area (Å²) in [6, 6.07) is 13.4. The predicted molar refractivity (Wildman–Crippen MR) is 133 cm³/mol. The fourth-order valence-electron chi connectivity index (χ4n) is 3.90. The zero-order chi connectivity index (χ0) is 24.8. The van der Waals surface area contributed by atoms with Gasteiger partial charge in [0.25, 0.3) is 0 Å². The van der Waals surface area contributed by atoms with Crippen LogP contribution in [0.25, 0.3) is 0 Å². The van der Waals surface area contributed by atoms with E-state index in [0.717, 1.165) is 6.42 Å². The second-order valence-corrected chi connectivity index (χ2v) is 8.50. The number of anilines is 2. The molecule has 0 saturated heterocycles. The molecule has 1 heterocycles. The van der Waals surface area contributed by atoms with E-state index < -0.39 is 12.0 Å². The van der Waals surface area contributed by atoms with Crippen LogP contribution in [0.5, 0.6) is 0 Å². The van der Waals surface area contributed by atoms with Gasteiger partial charge in [-0.3, -0.25) is 4.90 Å². The number of nitrogens with one attached hydrogen (secondary N) is 3. The number of allylic oxidation sites excluding steroid dienone is 1. The predicted octanol–water partition coefficient (Wildman–Crippen LogP) is 5.38.